The highest BCUT2D eigenvalue weighted by atomic mass is 16.6. The van der Waals surface area contributed by atoms with E-state index >= 15 is 0 Å². The zero-order chi connectivity index (χ0) is 6.53. The van der Waals surface area contributed by atoms with Crippen LogP contribution in [0.25, 0.3) is 0 Å². The Morgan fingerprint density at radius 1 is 1.56 bits per heavy atom. The van der Waals surface area contributed by atoms with Gasteiger partial charge in [0.1, 0.15) is 0 Å². The summed E-state index contributed by atoms with van der Waals surface area (Å²) in [4.78, 5) is 4.48. The second-order valence-electron chi connectivity index (χ2n) is 2.19. The summed E-state index contributed by atoms with van der Waals surface area (Å²) in [5, 5.41) is 6.47. The van der Waals surface area contributed by atoms with Crippen LogP contribution in [0.2, 0.25) is 0 Å². The number of nitrogens with one attached hydrogen (secondary N) is 2. The highest BCUT2D eigenvalue weighted by molar-refractivity contribution is 4.73. The van der Waals surface area contributed by atoms with Gasteiger partial charge in [-0.15, -0.1) is 0 Å². The molecule has 1 saturated heterocycles. The molecule has 4 nitrogen and oxygen atoms in total. The molecule has 0 bridgehead atoms. The van der Waals surface area contributed by atoms with E-state index in [2.05, 4.69) is 15.5 Å². The van der Waals surface area contributed by atoms with E-state index in [0.717, 1.165) is 19.6 Å². The second-order valence-corrected chi connectivity index (χ2v) is 2.19. The van der Waals surface area contributed by atoms with Crippen LogP contribution in [-0.2, 0) is 4.84 Å². The standard InChI is InChI=1S/C5H13N3O/c6-9-4-5-3-7-1-2-8-5/h5,7-8H,1-4,6H2. The number of piperazine rings is 1. The summed E-state index contributed by atoms with van der Waals surface area (Å²) >= 11 is 0. The summed E-state index contributed by atoms with van der Waals surface area (Å²) in [5.74, 6) is 4.89. The van der Waals surface area contributed by atoms with Gasteiger partial charge in [-0.1, -0.05) is 0 Å². The molecule has 0 amide bonds. The van der Waals surface area contributed by atoms with E-state index in [9.17, 15) is 0 Å². The van der Waals surface area contributed by atoms with Crippen LogP contribution in [0.1, 0.15) is 0 Å². The Hall–Kier alpha value is -0.160. The van der Waals surface area contributed by atoms with Crippen molar-refractivity contribution in [1.29, 1.82) is 0 Å². The first-order valence-corrected chi connectivity index (χ1v) is 3.19. The molecular formula is C5H13N3O. The molecule has 1 rings (SSSR count). The molecule has 9 heavy (non-hydrogen) atoms. The van der Waals surface area contributed by atoms with Gasteiger partial charge in [-0.05, 0) is 0 Å². The molecule has 1 aliphatic heterocycles. The summed E-state index contributed by atoms with van der Waals surface area (Å²) in [5.41, 5.74) is 0. The van der Waals surface area contributed by atoms with Gasteiger partial charge < -0.3 is 15.5 Å². The van der Waals surface area contributed by atoms with Crippen LogP contribution in [0, 0.1) is 0 Å². The minimum Gasteiger partial charge on any atom is -0.314 e. The Balaban J connectivity index is 2.08. The van der Waals surface area contributed by atoms with Gasteiger partial charge in [-0.2, -0.15) is 0 Å². The molecule has 0 aliphatic carbocycles. The maximum absolute atomic E-state index is 4.89. The minimum atomic E-state index is 0.392. The fourth-order valence-electron chi connectivity index (χ4n) is 0.947. The van der Waals surface area contributed by atoms with Crippen molar-refractivity contribution in [2.75, 3.05) is 26.2 Å². The first kappa shape index (κ1) is 6.95. The lowest BCUT2D eigenvalue weighted by Gasteiger charge is -2.22. The Kier molecular flexibility index (Phi) is 2.93. The largest absolute Gasteiger partial charge is 0.314 e. The Morgan fingerprint density at radius 3 is 3.00 bits per heavy atom. The SMILES string of the molecule is NOCC1CNCCN1. The molecule has 0 radical (unpaired) electrons. The Bertz CT molecular complexity index is 69.8. The van der Waals surface area contributed by atoms with Gasteiger partial charge in [0.2, 0.25) is 0 Å². The van der Waals surface area contributed by atoms with E-state index in [1.54, 1.807) is 0 Å². The van der Waals surface area contributed by atoms with Gasteiger partial charge in [-0.25, -0.2) is 5.90 Å². The Morgan fingerprint density at radius 2 is 2.44 bits per heavy atom. The number of nitrogens with two attached hydrogens (primary N) is 1. The molecule has 0 spiro atoms. The van der Waals surface area contributed by atoms with E-state index in [4.69, 9.17) is 5.90 Å². The fraction of sp³-hybridized carbons (Fsp3) is 1.00. The van der Waals surface area contributed by atoms with E-state index in [0.29, 0.717) is 12.6 Å². The predicted molar refractivity (Wildman–Crippen MR) is 34.8 cm³/mol. The summed E-state index contributed by atoms with van der Waals surface area (Å²) in [6.45, 7) is 3.60. The van der Waals surface area contributed by atoms with Gasteiger partial charge >= 0.3 is 0 Å². The van der Waals surface area contributed by atoms with Gasteiger partial charge in [0.05, 0.1) is 6.61 Å². The first-order valence-electron chi connectivity index (χ1n) is 3.19. The van der Waals surface area contributed by atoms with Gasteiger partial charge in [0.25, 0.3) is 0 Å². The average molecular weight is 131 g/mol. The zero-order valence-electron chi connectivity index (χ0n) is 5.39. The molecule has 1 atom stereocenters. The van der Waals surface area contributed by atoms with Crippen LogP contribution in [0.4, 0.5) is 0 Å². The molecule has 0 aromatic rings. The molecule has 0 aromatic heterocycles. The van der Waals surface area contributed by atoms with Crippen molar-refractivity contribution in [2.45, 2.75) is 6.04 Å². The summed E-state index contributed by atoms with van der Waals surface area (Å²) < 4.78 is 0. The minimum absolute atomic E-state index is 0.392. The van der Waals surface area contributed by atoms with Crippen molar-refractivity contribution in [3.63, 3.8) is 0 Å². The molecule has 54 valence electrons. The van der Waals surface area contributed by atoms with Crippen molar-refractivity contribution < 1.29 is 4.84 Å². The molecule has 1 heterocycles. The molecule has 1 aliphatic rings. The molecule has 4 N–H and O–H groups in total. The third-order valence-electron chi connectivity index (χ3n) is 1.42. The van der Waals surface area contributed by atoms with Crippen LogP contribution in [-0.4, -0.2) is 32.3 Å². The van der Waals surface area contributed by atoms with E-state index in [1.807, 2.05) is 0 Å². The second kappa shape index (κ2) is 3.79. The topological polar surface area (TPSA) is 59.3 Å². The zero-order valence-corrected chi connectivity index (χ0v) is 5.39. The highest BCUT2D eigenvalue weighted by Crippen LogP contribution is 1.84. The van der Waals surface area contributed by atoms with Crippen LogP contribution >= 0.6 is 0 Å². The number of hydrogen-bond donors (Lipinski definition) is 3. The normalized spacial score (nSPS) is 28.3. The van der Waals surface area contributed by atoms with Crippen molar-refractivity contribution in [3.05, 3.63) is 0 Å². The maximum atomic E-state index is 4.89. The van der Waals surface area contributed by atoms with Crippen molar-refractivity contribution in [1.82, 2.24) is 10.6 Å². The first-order chi connectivity index (χ1) is 4.43. The fourth-order valence-corrected chi connectivity index (χ4v) is 0.947. The van der Waals surface area contributed by atoms with Crippen molar-refractivity contribution in [3.8, 4) is 0 Å². The molecule has 4 heteroatoms. The van der Waals surface area contributed by atoms with E-state index in [1.165, 1.54) is 0 Å². The van der Waals surface area contributed by atoms with Crippen molar-refractivity contribution >= 4 is 0 Å². The lowest BCUT2D eigenvalue weighted by atomic mass is 10.2. The lowest BCUT2D eigenvalue weighted by molar-refractivity contribution is 0.109. The van der Waals surface area contributed by atoms with Crippen LogP contribution in [0.5, 0.6) is 0 Å². The number of rotatable bonds is 2. The predicted octanol–water partition coefficient (Wildman–Crippen LogP) is -1.56. The highest BCUT2D eigenvalue weighted by Gasteiger charge is 2.10. The summed E-state index contributed by atoms with van der Waals surface area (Å²) in [6.07, 6.45) is 0. The average Bonchev–Trinajstić information content (AvgIpc) is 1.91. The Labute approximate surface area is 54.7 Å². The maximum Gasteiger partial charge on any atom is 0.0844 e. The monoisotopic (exact) mass is 131 g/mol. The molecule has 0 aromatic carbocycles. The van der Waals surface area contributed by atoms with E-state index in [-0.39, 0.29) is 0 Å². The van der Waals surface area contributed by atoms with Crippen LogP contribution in [0.15, 0.2) is 0 Å². The number of hydrogen-bond acceptors (Lipinski definition) is 4. The van der Waals surface area contributed by atoms with Gasteiger partial charge in [0.15, 0.2) is 0 Å². The smallest absolute Gasteiger partial charge is 0.0844 e. The molecular weight excluding hydrogens is 118 g/mol. The third-order valence-corrected chi connectivity index (χ3v) is 1.42. The molecule has 1 fully saturated rings. The van der Waals surface area contributed by atoms with Crippen LogP contribution < -0.4 is 16.5 Å². The third kappa shape index (κ3) is 2.28. The lowest BCUT2D eigenvalue weighted by Crippen LogP contribution is -2.50. The van der Waals surface area contributed by atoms with Crippen LogP contribution in [0.3, 0.4) is 0 Å². The van der Waals surface area contributed by atoms with Crippen molar-refractivity contribution in [2.24, 2.45) is 5.90 Å². The van der Waals surface area contributed by atoms with E-state index < -0.39 is 0 Å². The summed E-state index contributed by atoms with van der Waals surface area (Å²) in [7, 11) is 0. The van der Waals surface area contributed by atoms with Gasteiger partial charge in [0, 0.05) is 25.7 Å². The molecule has 0 saturated carbocycles. The summed E-state index contributed by atoms with van der Waals surface area (Å²) in [6, 6.07) is 0.392. The van der Waals surface area contributed by atoms with Gasteiger partial charge in [-0.3, -0.25) is 0 Å². The molecule has 1 unspecified atom stereocenters. The quantitative estimate of drug-likeness (QED) is 0.397.